The molecule has 1 unspecified atom stereocenters. The predicted molar refractivity (Wildman–Crippen MR) is 64.5 cm³/mol. The Morgan fingerprint density at radius 3 is 2.94 bits per heavy atom. The van der Waals surface area contributed by atoms with Gasteiger partial charge in [0.05, 0.1) is 6.54 Å². The molecule has 90 valence electrons. The van der Waals surface area contributed by atoms with Crippen molar-refractivity contribution in [3.05, 3.63) is 42.2 Å². The van der Waals surface area contributed by atoms with Crippen LogP contribution in [0.25, 0.3) is 0 Å². The van der Waals surface area contributed by atoms with Gasteiger partial charge in [-0.2, -0.15) is 0 Å². The zero-order valence-corrected chi connectivity index (χ0v) is 9.53. The fourth-order valence-electron chi connectivity index (χ4n) is 2.05. The third kappa shape index (κ3) is 2.30. The van der Waals surface area contributed by atoms with Gasteiger partial charge in [-0.3, -0.25) is 4.79 Å². The number of carbonyl (C=O) groups is 1. The lowest BCUT2D eigenvalue weighted by atomic mass is 10.1. The van der Waals surface area contributed by atoms with Crippen LogP contribution in [0.4, 0.5) is 10.1 Å². The maximum absolute atomic E-state index is 13.6. The van der Waals surface area contributed by atoms with E-state index in [4.69, 9.17) is 5.73 Å². The molecule has 1 atom stereocenters. The van der Waals surface area contributed by atoms with Gasteiger partial charge in [-0.05, 0) is 12.1 Å². The topological polar surface area (TPSA) is 46.3 Å². The maximum Gasteiger partial charge on any atom is 0.223 e. The third-order valence-corrected chi connectivity index (χ3v) is 3.08. The van der Waals surface area contributed by atoms with Crippen LogP contribution in [0, 0.1) is 11.7 Å². The number of carbonyl (C=O) groups excluding carboxylic acids is 1. The van der Waals surface area contributed by atoms with Gasteiger partial charge in [0.25, 0.3) is 0 Å². The summed E-state index contributed by atoms with van der Waals surface area (Å²) in [4.78, 5) is 13.3. The Hall–Kier alpha value is -1.84. The number of benzene rings is 1. The fourth-order valence-corrected chi connectivity index (χ4v) is 2.05. The molecule has 0 radical (unpaired) electrons. The molecule has 2 rings (SSSR count). The van der Waals surface area contributed by atoms with E-state index in [0.717, 1.165) is 0 Å². The average molecular weight is 234 g/mol. The van der Waals surface area contributed by atoms with Gasteiger partial charge in [-0.15, -0.1) is 6.58 Å². The minimum Gasteiger partial charge on any atom is -0.398 e. The molecule has 17 heavy (non-hydrogen) atoms. The van der Waals surface area contributed by atoms with Crippen molar-refractivity contribution in [1.29, 1.82) is 0 Å². The number of hydrogen-bond acceptors (Lipinski definition) is 2. The lowest BCUT2D eigenvalue weighted by molar-refractivity contribution is -0.128. The number of nitrogens with two attached hydrogens (primary N) is 1. The SMILES string of the molecule is C=CC1CC(=O)N(Cc2c(N)cccc2F)C1. The van der Waals surface area contributed by atoms with Gasteiger partial charge in [0.2, 0.25) is 5.91 Å². The second-order valence-corrected chi connectivity index (χ2v) is 4.28. The van der Waals surface area contributed by atoms with Gasteiger partial charge in [-0.25, -0.2) is 4.39 Å². The van der Waals surface area contributed by atoms with Crippen LogP contribution in [0.2, 0.25) is 0 Å². The number of nitrogens with zero attached hydrogens (tertiary/aromatic N) is 1. The van der Waals surface area contributed by atoms with Gasteiger partial charge in [0.15, 0.2) is 0 Å². The molecule has 3 nitrogen and oxygen atoms in total. The zero-order chi connectivity index (χ0) is 12.4. The highest BCUT2D eigenvalue weighted by Crippen LogP contribution is 2.24. The quantitative estimate of drug-likeness (QED) is 0.641. The minimum absolute atomic E-state index is 0.0255. The highest BCUT2D eigenvalue weighted by Gasteiger charge is 2.28. The molecule has 4 heteroatoms. The number of hydrogen-bond donors (Lipinski definition) is 1. The van der Waals surface area contributed by atoms with Crippen LogP contribution in [0.3, 0.4) is 0 Å². The van der Waals surface area contributed by atoms with Crippen molar-refractivity contribution in [2.24, 2.45) is 5.92 Å². The molecule has 1 aromatic rings. The summed E-state index contributed by atoms with van der Waals surface area (Å²) < 4.78 is 13.6. The van der Waals surface area contributed by atoms with Crippen LogP contribution in [0.1, 0.15) is 12.0 Å². The molecule has 2 N–H and O–H groups in total. The molecule has 0 saturated carbocycles. The number of halogens is 1. The van der Waals surface area contributed by atoms with Crippen LogP contribution >= 0.6 is 0 Å². The monoisotopic (exact) mass is 234 g/mol. The first-order valence-corrected chi connectivity index (χ1v) is 5.55. The largest absolute Gasteiger partial charge is 0.398 e. The van der Waals surface area contributed by atoms with Crippen LogP contribution in [-0.4, -0.2) is 17.4 Å². The summed E-state index contributed by atoms with van der Waals surface area (Å²) >= 11 is 0. The van der Waals surface area contributed by atoms with Crippen molar-refractivity contribution in [2.45, 2.75) is 13.0 Å². The Bertz CT molecular complexity index is 438. The lowest BCUT2D eigenvalue weighted by Crippen LogP contribution is -2.25. The summed E-state index contributed by atoms with van der Waals surface area (Å²) in [6, 6.07) is 4.56. The molecule has 0 spiro atoms. The Labute approximate surface area is 99.7 Å². The normalized spacial score (nSPS) is 19.7. The van der Waals surface area contributed by atoms with Gasteiger partial charge >= 0.3 is 0 Å². The van der Waals surface area contributed by atoms with Crippen LogP contribution in [-0.2, 0) is 11.3 Å². The first kappa shape index (κ1) is 11.6. The molecular weight excluding hydrogens is 219 g/mol. The average Bonchev–Trinajstić information content (AvgIpc) is 2.65. The first-order chi connectivity index (χ1) is 8.11. The molecule has 0 aliphatic carbocycles. The van der Waals surface area contributed by atoms with E-state index in [0.29, 0.717) is 24.2 Å². The number of rotatable bonds is 3. The summed E-state index contributed by atoms with van der Waals surface area (Å²) in [5.74, 6) is -0.173. The van der Waals surface area contributed by atoms with Gasteiger partial charge in [0.1, 0.15) is 5.82 Å². The summed E-state index contributed by atoms with van der Waals surface area (Å²) in [5.41, 5.74) is 6.50. The van der Waals surface area contributed by atoms with Crippen LogP contribution in [0.5, 0.6) is 0 Å². The van der Waals surface area contributed by atoms with Crippen molar-refractivity contribution in [3.8, 4) is 0 Å². The van der Waals surface area contributed by atoms with E-state index >= 15 is 0 Å². The molecule has 1 amide bonds. The summed E-state index contributed by atoms with van der Waals surface area (Å²) in [6.07, 6.45) is 2.22. The number of anilines is 1. The smallest absolute Gasteiger partial charge is 0.223 e. The molecule has 0 aromatic heterocycles. The molecule has 1 aliphatic heterocycles. The second-order valence-electron chi connectivity index (χ2n) is 4.28. The van der Waals surface area contributed by atoms with E-state index in [1.54, 1.807) is 23.1 Å². The van der Waals surface area contributed by atoms with Crippen molar-refractivity contribution in [3.63, 3.8) is 0 Å². The van der Waals surface area contributed by atoms with Gasteiger partial charge in [0, 0.05) is 30.1 Å². The fraction of sp³-hybridized carbons (Fsp3) is 0.308. The zero-order valence-electron chi connectivity index (χ0n) is 9.53. The number of amides is 1. The van der Waals surface area contributed by atoms with E-state index < -0.39 is 0 Å². The molecular formula is C13H15FN2O. The first-order valence-electron chi connectivity index (χ1n) is 5.55. The molecule has 1 aromatic carbocycles. The maximum atomic E-state index is 13.6. The standard InChI is InChI=1S/C13H15FN2O/c1-2-9-6-13(17)16(7-9)8-10-11(14)4-3-5-12(10)15/h2-5,9H,1,6-8,15H2. The van der Waals surface area contributed by atoms with E-state index in [2.05, 4.69) is 6.58 Å². The van der Waals surface area contributed by atoms with Crippen molar-refractivity contribution >= 4 is 11.6 Å². The van der Waals surface area contributed by atoms with Gasteiger partial charge in [-0.1, -0.05) is 12.1 Å². The van der Waals surface area contributed by atoms with Crippen molar-refractivity contribution < 1.29 is 9.18 Å². The number of nitrogen functional groups attached to an aromatic ring is 1. The molecule has 0 bridgehead atoms. The number of likely N-dealkylation sites (tertiary alicyclic amines) is 1. The minimum atomic E-state index is -0.361. The Morgan fingerprint density at radius 1 is 1.59 bits per heavy atom. The highest BCUT2D eigenvalue weighted by molar-refractivity contribution is 5.79. The summed E-state index contributed by atoms with van der Waals surface area (Å²) in [6.45, 7) is 4.51. The molecule has 1 heterocycles. The molecule has 1 fully saturated rings. The van der Waals surface area contributed by atoms with Crippen molar-refractivity contribution in [1.82, 2.24) is 4.90 Å². The molecule has 1 saturated heterocycles. The van der Waals surface area contributed by atoms with Crippen LogP contribution in [0.15, 0.2) is 30.9 Å². The molecule has 1 aliphatic rings. The predicted octanol–water partition coefficient (Wildman–Crippen LogP) is 1.94. The summed E-state index contributed by atoms with van der Waals surface area (Å²) in [5, 5.41) is 0. The highest BCUT2D eigenvalue weighted by atomic mass is 19.1. The Balaban J connectivity index is 2.16. The van der Waals surface area contributed by atoms with Crippen molar-refractivity contribution in [2.75, 3.05) is 12.3 Å². The summed E-state index contributed by atoms with van der Waals surface area (Å²) in [7, 11) is 0. The van der Waals surface area contributed by atoms with Crippen LogP contribution < -0.4 is 5.73 Å². The second kappa shape index (κ2) is 4.57. The van der Waals surface area contributed by atoms with E-state index in [-0.39, 0.29) is 24.2 Å². The third-order valence-electron chi connectivity index (χ3n) is 3.08. The lowest BCUT2D eigenvalue weighted by Gasteiger charge is -2.17. The Kier molecular flexibility index (Phi) is 3.13. The van der Waals surface area contributed by atoms with E-state index in [1.165, 1.54) is 6.07 Å². The van der Waals surface area contributed by atoms with E-state index in [9.17, 15) is 9.18 Å². The van der Waals surface area contributed by atoms with E-state index in [1.807, 2.05) is 0 Å². The van der Waals surface area contributed by atoms with Gasteiger partial charge < -0.3 is 10.6 Å². The Morgan fingerprint density at radius 2 is 2.35 bits per heavy atom.